The van der Waals surface area contributed by atoms with Gasteiger partial charge in [-0.25, -0.2) is 0 Å². The molecule has 0 unspecified atom stereocenters. The van der Waals surface area contributed by atoms with Crippen molar-refractivity contribution in [1.82, 2.24) is 0 Å². The first-order valence-corrected chi connectivity index (χ1v) is 8.32. The van der Waals surface area contributed by atoms with Crippen LogP contribution in [0.4, 0.5) is 0 Å². The maximum atomic E-state index is 12.3. The van der Waals surface area contributed by atoms with Crippen molar-refractivity contribution in [2.24, 2.45) is 0 Å². The first-order chi connectivity index (χ1) is 9.24. The molecule has 0 heterocycles. The van der Waals surface area contributed by atoms with E-state index in [1.54, 1.807) is 0 Å². The van der Waals surface area contributed by atoms with Crippen molar-refractivity contribution in [3.05, 3.63) is 44.5 Å². The molecule has 0 saturated carbocycles. The smallest absolute Gasteiger partial charge is 0.199 e. The summed E-state index contributed by atoms with van der Waals surface area (Å²) in [4.78, 5) is 12.3. The van der Waals surface area contributed by atoms with E-state index < -0.39 is 0 Å². The minimum Gasteiger partial charge on any atom is -0.288 e. The molecule has 1 aromatic carbocycles. The average Bonchev–Trinajstić information content (AvgIpc) is 2.44. The van der Waals surface area contributed by atoms with Gasteiger partial charge in [0.1, 0.15) is 0 Å². The zero-order valence-electron chi connectivity index (χ0n) is 11.5. The Balaban J connectivity index is 1.98. The number of carbonyl (C=O) groups is 1. The number of unbranched alkanes of at least 4 members (excludes halogenated alkanes) is 4. The van der Waals surface area contributed by atoms with Crippen molar-refractivity contribution >= 4 is 28.4 Å². The van der Waals surface area contributed by atoms with Crippen LogP contribution in [0.25, 0.3) is 0 Å². The van der Waals surface area contributed by atoms with Crippen LogP contribution in [-0.4, -0.2) is 5.78 Å². The van der Waals surface area contributed by atoms with Crippen LogP contribution in [0, 0.1) is 0 Å². The van der Waals surface area contributed by atoms with E-state index >= 15 is 0 Å². The molecule has 0 bridgehead atoms. The zero-order valence-corrected chi connectivity index (χ0v) is 13.7. The second kappa shape index (κ2) is 7.22. The summed E-state index contributed by atoms with van der Waals surface area (Å²) < 4.78 is 0.965. The minimum absolute atomic E-state index is 0.228. The molecule has 0 fully saturated rings. The number of rotatable bonds is 6. The van der Waals surface area contributed by atoms with Crippen LogP contribution in [0.2, 0.25) is 0 Å². The van der Waals surface area contributed by atoms with Crippen LogP contribution in [0.15, 0.2) is 33.4 Å². The van der Waals surface area contributed by atoms with Gasteiger partial charge in [0.25, 0.3) is 0 Å². The lowest BCUT2D eigenvalue weighted by Crippen LogP contribution is -2.13. The first-order valence-electron chi connectivity index (χ1n) is 7.24. The summed E-state index contributed by atoms with van der Waals surface area (Å²) in [6, 6.07) is 8.03. The number of benzene rings is 1. The first kappa shape index (κ1) is 14.8. The molecule has 1 aliphatic carbocycles. The predicted octanol–water partition coefficient (Wildman–Crippen LogP) is 5.48. The number of hydrogen-bond acceptors (Lipinski definition) is 1. The van der Waals surface area contributed by atoms with Gasteiger partial charge in [-0.2, -0.15) is 0 Å². The van der Waals surface area contributed by atoms with E-state index in [2.05, 4.69) is 35.6 Å². The molecule has 0 radical (unpaired) electrons. The second-order valence-corrected chi connectivity index (χ2v) is 6.32. The lowest BCUT2D eigenvalue weighted by atomic mass is 9.88. The van der Waals surface area contributed by atoms with E-state index in [4.69, 9.17) is 0 Å². The third-order valence-electron chi connectivity index (χ3n) is 3.76. The third-order valence-corrected chi connectivity index (χ3v) is 5.01. The molecule has 1 nitrogen and oxygen atoms in total. The summed E-state index contributed by atoms with van der Waals surface area (Å²) >= 11 is 2.24. The van der Waals surface area contributed by atoms with Gasteiger partial charge in [-0.15, -0.1) is 0 Å². The van der Waals surface area contributed by atoms with Crippen LogP contribution in [0.3, 0.4) is 0 Å². The highest BCUT2D eigenvalue weighted by atomic mass is 127. The fourth-order valence-corrected chi connectivity index (χ4v) is 3.37. The molecule has 2 rings (SSSR count). The van der Waals surface area contributed by atoms with Crippen LogP contribution < -0.4 is 0 Å². The molecule has 0 spiro atoms. The van der Waals surface area contributed by atoms with Gasteiger partial charge in [0.15, 0.2) is 5.78 Å². The molecule has 0 amide bonds. The van der Waals surface area contributed by atoms with Gasteiger partial charge in [0, 0.05) is 5.56 Å². The molecule has 0 saturated heterocycles. The predicted molar refractivity (Wildman–Crippen MR) is 88.9 cm³/mol. The summed E-state index contributed by atoms with van der Waals surface area (Å²) in [7, 11) is 0. The maximum absolute atomic E-state index is 12.3. The van der Waals surface area contributed by atoms with Gasteiger partial charge in [-0.05, 0) is 53.0 Å². The van der Waals surface area contributed by atoms with Crippen LogP contribution in [0.1, 0.15) is 61.4 Å². The van der Waals surface area contributed by atoms with Crippen molar-refractivity contribution < 1.29 is 4.79 Å². The van der Waals surface area contributed by atoms with Gasteiger partial charge in [-0.1, -0.05) is 56.9 Å². The van der Waals surface area contributed by atoms with E-state index in [1.165, 1.54) is 43.2 Å². The average molecular weight is 368 g/mol. The molecule has 0 aromatic heterocycles. The van der Waals surface area contributed by atoms with Crippen molar-refractivity contribution in [3.63, 3.8) is 0 Å². The fraction of sp³-hybridized carbons (Fsp3) is 0.471. The molecule has 1 aliphatic rings. The highest BCUT2D eigenvalue weighted by Gasteiger charge is 2.23. The summed E-state index contributed by atoms with van der Waals surface area (Å²) in [5, 5.41) is 0. The third kappa shape index (κ3) is 3.68. The molecule has 2 heteroatoms. The largest absolute Gasteiger partial charge is 0.288 e. The van der Waals surface area contributed by atoms with Crippen LogP contribution >= 0.6 is 22.6 Å². The second-order valence-electron chi connectivity index (χ2n) is 5.24. The Morgan fingerprint density at radius 1 is 1.11 bits per heavy atom. The highest BCUT2D eigenvalue weighted by Crippen LogP contribution is 2.32. The van der Waals surface area contributed by atoms with E-state index in [0.29, 0.717) is 0 Å². The van der Waals surface area contributed by atoms with E-state index in [9.17, 15) is 4.79 Å². The summed E-state index contributed by atoms with van der Waals surface area (Å²) in [5.41, 5.74) is 3.46. The lowest BCUT2D eigenvalue weighted by Gasteiger charge is -2.19. The topological polar surface area (TPSA) is 17.1 Å². The number of hydrogen-bond donors (Lipinski definition) is 0. The minimum atomic E-state index is 0.228. The molecule has 19 heavy (non-hydrogen) atoms. The van der Waals surface area contributed by atoms with Crippen molar-refractivity contribution in [3.8, 4) is 0 Å². The Morgan fingerprint density at radius 2 is 1.84 bits per heavy atom. The Hall–Kier alpha value is -0.640. The number of Topliss-reactive ketones (excluding diaryl/α,β-unsaturated/α-hetero) is 1. The van der Waals surface area contributed by atoms with Gasteiger partial charge in [0.2, 0.25) is 0 Å². The maximum Gasteiger partial charge on any atom is 0.199 e. The van der Waals surface area contributed by atoms with Gasteiger partial charge < -0.3 is 0 Å². The van der Waals surface area contributed by atoms with Crippen LogP contribution in [0.5, 0.6) is 0 Å². The van der Waals surface area contributed by atoms with Crippen molar-refractivity contribution in [2.75, 3.05) is 0 Å². The summed E-state index contributed by atoms with van der Waals surface area (Å²) in [6.45, 7) is 2.24. The van der Waals surface area contributed by atoms with Crippen LogP contribution in [-0.2, 0) is 6.42 Å². The normalized spacial score (nSPS) is 14.7. The Morgan fingerprint density at radius 3 is 2.63 bits per heavy atom. The standard InChI is InChI=1S/C17H21IO/c1-2-3-4-5-6-10-14-12-13-9-7-8-11-15(13)17(19)16(14)18/h7-9,11H,2-6,10,12H2,1H3. The number of carbonyl (C=O) groups excluding carboxylic acids is 1. The van der Waals surface area contributed by atoms with Gasteiger partial charge in [-0.3, -0.25) is 4.79 Å². The monoisotopic (exact) mass is 368 g/mol. The number of fused-ring (bicyclic) bond motifs is 1. The summed E-state index contributed by atoms with van der Waals surface area (Å²) in [5.74, 6) is 0.228. The molecule has 0 atom stereocenters. The summed E-state index contributed by atoms with van der Waals surface area (Å²) in [6.07, 6.45) is 8.50. The van der Waals surface area contributed by atoms with Gasteiger partial charge in [0.05, 0.1) is 3.58 Å². The van der Waals surface area contributed by atoms with E-state index in [0.717, 1.165) is 22.0 Å². The van der Waals surface area contributed by atoms with Gasteiger partial charge >= 0.3 is 0 Å². The highest BCUT2D eigenvalue weighted by molar-refractivity contribution is 14.1. The number of ketones is 1. The van der Waals surface area contributed by atoms with Crippen molar-refractivity contribution in [1.29, 1.82) is 0 Å². The fourth-order valence-electron chi connectivity index (χ4n) is 2.62. The zero-order chi connectivity index (χ0) is 13.7. The van der Waals surface area contributed by atoms with E-state index in [-0.39, 0.29) is 5.78 Å². The lowest BCUT2D eigenvalue weighted by molar-refractivity contribution is 0.104. The number of allylic oxidation sites excluding steroid dienone is 2. The Bertz CT molecular complexity index is 488. The Labute approximate surface area is 129 Å². The van der Waals surface area contributed by atoms with Crippen molar-refractivity contribution in [2.45, 2.75) is 51.9 Å². The quantitative estimate of drug-likeness (QED) is 0.480. The van der Waals surface area contributed by atoms with E-state index in [1.807, 2.05) is 18.2 Å². The molecule has 1 aromatic rings. The molecule has 102 valence electrons. The molecule has 0 aliphatic heterocycles. The SMILES string of the molecule is CCCCCCCC1=C(I)C(=O)c2ccccc2C1. The number of halogens is 1. The Kier molecular flexibility index (Phi) is 5.61. The molecular weight excluding hydrogens is 347 g/mol. The molecule has 0 N–H and O–H groups in total. The molecular formula is C17H21IO.